The van der Waals surface area contributed by atoms with Crippen LogP contribution in [0.15, 0.2) is 49.0 Å². The number of benzene rings is 1. The molecular formula is C18H15FN2O. The van der Waals surface area contributed by atoms with Crippen molar-refractivity contribution >= 4 is 11.0 Å². The predicted molar refractivity (Wildman–Crippen MR) is 84.1 cm³/mol. The Bertz CT molecular complexity index is 882. The lowest BCUT2D eigenvalue weighted by molar-refractivity contribution is 0.270. The van der Waals surface area contributed by atoms with E-state index in [0.29, 0.717) is 12.2 Å². The number of aromatic amines is 1. The van der Waals surface area contributed by atoms with Crippen LogP contribution in [0.2, 0.25) is 0 Å². The summed E-state index contributed by atoms with van der Waals surface area (Å²) in [6.45, 7) is 2.41. The van der Waals surface area contributed by atoms with Gasteiger partial charge in [0, 0.05) is 29.3 Å². The molecule has 110 valence electrons. The summed E-state index contributed by atoms with van der Waals surface area (Å²) in [6, 6.07) is 7.33. The number of halogens is 1. The maximum atomic E-state index is 13.8. The number of nitrogens with one attached hydrogen (secondary N) is 1. The zero-order chi connectivity index (χ0) is 15.1. The topological polar surface area (TPSA) is 37.9 Å². The van der Waals surface area contributed by atoms with Gasteiger partial charge in [0.05, 0.1) is 12.9 Å². The number of hydrogen-bond acceptors (Lipinski definition) is 2. The Morgan fingerprint density at radius 1 is 1.27 bits per heavy atom. The fourth-order valence-electron chi connectivity index (χ4n) is 2.82. The molecule has 0 spiro atoms. The van der Waals surface area contributed by atoms with E-state index >= 15 is 0 Å². The third kappa shape index (κ3) is 2.08. The number of H-pyrrole nitrogens is 1. The lowest BCUT2D eigenvalue weighted by atomic mass is 9.99. The van der Waals surface area contributed by atoms with E-state index in [-0.39, 0.29) is 11.7 Å². The zero-order valence-corrected chi connectivity index (χ0v) is 12.1. The Balaban J connectivity index is 1.83. The second kappa shape index (κ2) is 4.98. The van der Waals surface area contributed by atoms with Crippen molar-refractivity contribution in [3.05, 3.63) is 65.9 Å². The Labute approximate surface area is 127 Å². The lowest BCUT2D eigenvalue weighted by Gasteiger charge is -2.07. The molecule has 0 saturated carbocycles. The van der Waals surface area contributed by atoms with E-state index in [9.17, 15) is 4.39 Å². The molecule has 3 aromatic rings. The summed E-state index contributed by atoms with van der Waals surface area (Å²) in [4.78, 5) is 7.65. The summed E-state index contributed by atoms with van der Waals surface area (Å²) in [5.74, 6) is 0.0413. The Hall–Kier alpha value is -2.62. The first-order valence-corrected chi connectivity index (χ1v) is 7.24. The molecule has 1 atom stereocenters. The molecule has 1 aromatic carbocycles. The molecule has 0 fully saturated rings. The normalized spacial score (nSPS) is 17.1. The van der Waals surface area contributed by atoms with E-state index in [4.69, 9.17) is 4.74 Å². The monoisotopic (exact) mass is 294 g/mol. The van der Waals surface area contributed by atoms with Crippen molar-refractivity contribution in [2.24, 2.45) is 0 Å². The molecule has 0 radical (unpaired) electrons. The summed E-state index contributed by atoms with van der Waals surface area (Å²) in [7, 11) is 0. The third-order valence-electron chi connectivity index (χ3n) is 4.15. The van der Waals surface area contributed by atoms with Crippen molar-refractivity contribution in [1.29, 1.82) is 0 Å². The van der Waals surface area contributed by atoms with Gasteiger partial charge >= 0.3 is 0 Å². The molecule has 4 heteroatoms. The van der Waals surface area contributed by atoms with Crippen molar-refractivity contribution in [3.63, 3.8) is 0 Å². The molecule has 3 nitrogen and oxygen atoms in total. The van der Waals surface area contributed by atoms with Crippen LogP contribution in [0, 0.1) is 12.7 Å². The van der Waals surface area contributed by atoms with E-state index in [1.165, 1.54) is 0 Å². The standard InChI is InChI=1S/C18H15FN2O/c1-11-2-3-12(7-17(11)19)14-6-15-16(13-4-5-22-10-13)9-21-18(15)20-8-14/h2-9,13H,10H2,1H3,(H,20,21). The Morgan fingerprint density at radius 3 is 2.95 bits per heavy atom. The first kappa shape index (κ1) is 13.1. The second-order valence-corrected chi connectivity index (χ2v) is 5.60. The molecule has 0 aliphatic carbocycles. The maximum Gasteiger partial charge on any atom is 0.137 e. The highest BCUT2D eigenvalue weighted by Crippen LogP contribution is 2.31. The summed E-state index contributed by atoms with van der Waals surface area (Å²) in [5.41, 5.74) is 4.39. The number of pyridine rings is 1. The first-order chi connectivity index (χ1) is 10.7. The molecule has 0 bridgehead atoms. The third-order valence-corrected chi connectivity index (χ3v) is 4.15. The highest BCUT2D eigenvalue weighted by Gasteiger charge is 2.18. The smallest absolute Gasteiger partial charge is 0.137 e. The highest BCUT2D eigenvalue weighted by molar-refractivity contribution is 5.85. The van der Waals surface area contributed by atoms with Crippen LogP contribution in [-0.4, -0.2) is 16.6 Å². The van der Waals surface area contributed by atoms with Crippen molar-refractivity contribution in [2.75, 3.05) is 6.61 Å². The summed E-state index contributed by atoms with van der Waals surface area (Å²) >= 11 is 0. The van der Waals surface area contributed by atoms with Gasteiger partial charge in [-0.3, -0.25) is 0 Å². The van der Waals surface area contributed by atoms with Crippen LogP contribution in [0.5, 0.6) is 0 Å². The Morgan fingerprint density at radius 2 is 2.18 bits per heavy atom. The fourth-order valence-corrected chi connectivity index (χ4v) is 2.82. The zero-order valence-electron chi connectivity index (χ0n) is 12.1. The minimum atomic E-state index is -0.195. The summed E-state index contributed by atoms with van der Waals surface area (Å²) in [6.07, 6.45) is 7.52. The van der Waals surface area contributed by atoms with Gasteiger partial charge in [-0.15, -0.1) is 0 Å². The van der Waals surface area contributed by atoms with Gasteiger partial charge in [-0.05, 0) is 41.8 Å². The molecule has 4 rings (SSSR count). The van der Waals surface area contributed by atoms with Gasteiger partial charge in [-0.1, -0.05) is 12.1 Å². The van der Waals surface area contributed by atoms with E-state index in [0.717, 1.165) is 27.7 Å². The van der Waals surface area contributed by atoms with Crippen molar-refractivity contribution in [2.45, 2.75) is 12.8 Å². The van der Waals surface area contributed by atoms with Crippen molar-refractivity contribution in [1.82, 2.24) is 9.97 Å². The second-order valence-electron chi connectivity index (χ2n) is 5.60. The molecule has 1 unspecified atom stereocenters. The molecule has 0 saturated heterocycles. The minimum absolute atomic E-state index is 0.195. The van der Waals surface area contributed by atoms with Gasteiger partial charge < -0.3 is 9.72 Å². The van der Waals surface area contributed by atoms with Gasteiger partial charge in [0.2, 0.25) is 0 Å². The van der Waals surface area contributed by atoms with Crippen LogP contribution in [0.3, 0.4) is 0 Å². The van der Waals surface area contributed by atoms with Gasteiger partial charge in [0.25, 0.3) is 0 Å². The Kier molecular flexibility index (Phi) is 2.96. The molecule has 2 aromatic heterocycles. The number of aryl methyl sites for hydroxylation is 1. The highest BCUT2D eigenvalue weighted by atomic mass is 19.1. The molecule has 22 heavy (non-hydrogen) atoms. The van der Waals surface area contributed by atoms with Gasteiger partial charge in [0.15, 0.2) is 0 Å². The number of nitrogens with zero attached hydrogens (tertiary/aromatic N) is 1. The van der Waals surface area contributed by atoms with E-state index in [1.54, 1.807) is 31.5 Å². The SMILES string of the molecule is Cc1ccc(-c2cnc3[nH]cc(C4C=COC4)c3c2)cc1F. The summed E-state index contributed by atoms with van der Waals surface area (Å²) < 4.78 is 19.1. The molecule has 1 aliphatic rings. The molecule has 3 heterocycles. The van der Waals surface area contributed by atoms with Crippen LogP contribution < -0.4 is 0 Å². The van der Waals surface area contributed by atoms with E-state index in [1.807, 2.05) is 18.3 Å². The quantitative estimate of drug-likeness (QED) is 0.765. The number of fused-ring (bicyclic) bond motifs is 1. The fraction of sp³-hybridized carbons (Fsp3) is 0.167. The lowest BCUT2D eigenvalue weighted by Crippen LogP contribution is -1.96. The first-order valence-electron chi connectivity index (χ1n) is 7.24. The number of ether oxygens (including phenoxy) is 1. The van der Waals surface area contributed by atoms with Crippen LogP contribution in [0.1, 0.15) is 17.0 Å². The van der Waals surface area contributed by atoms with Crippen molar-refractivity contribution in [3.8, 4) is 11.1 Å². The molecule has 1 N–H and O–H groups in total. The largest absolute Gasteiger partial charge is 0.501 e. The maximum absolute atomic E-state index is 13.8. The van der Waals surface area contributed by atoms with Crippen LogP contribution in [0.4, 0.5) is 4.39 Å². The average molecular weight is 294 g/mol. The van der Waals surface area contributed by atoms with Gasteiger partial charge in [0.1, 0.15) is 11.5 Å². The molecular weight excluding hydrogens is 279 g/mol. The number of hydrogen-bond donors (Lipinski definition) is 1. The molecule has 1 aliphatic heterocycles. The molecule has 0 amide bonds. The van der Waals surface area contributed by atoms with E-state index < -0.39 is 0 Å². The van der Waals surface area contributed by atoms with E-state index in [2.05, 4.69) is 16.0 Å². The van der Waals surface area contributed by atoms with Crippen LogP contribution in [-0.2, 0) is 4.74 Å². The van der Waals surface area contributed by atoms with Crippen molar-refractivity contribution < 1.29 is 9.13 Å². The van der Waals surface area contributed by atoms with Gasteiger partial charge in [-0.2, -0.15) is 0 Å². The predicted octanol–water partition coefficient (Wildman–Crippen LogP) is 4.30. The van der Waals surface area contributed by atoms with Crippen LogP contribution >= 0.6 is 0 Å². The van der Waals surface area contributed by atoms with Crippen LogP contribution in [0.25, 0.3) is 22.2 Å². The minimum Gasteiger partial charge on any atom is -0.501 e. The summed E-state index contributed by atoms with van der Waals surface area (Å²) in [5, 5.41) is 1.05. The average Bonchev–Trinajstić information content (AvgIpc) is 3.17. The number of rotatable bonds is 2. The van der Waals surface area contributed by atoms with Gasteiger partial charge in [-0.25, -0.2) is 9.37 Å². The number of aromatic nitrogens is 2.